The van der Waals surface area contributed by atoms with E-state index in [1.54, 1.807) is 19.4 Å². The lowest BCUT2D eigenvalue weighted by molar-refractivity contribution is -0.139. The van der Waals surface area contributed by atoms with E-state index in [4.69, 9.17) is 9.47 Å². The van der Waals surface area contributed by atoms with Crippen molar-refractivity contribution in [2.45, 2.75) is 19.0 Å². The van der Waals surface area contributed by atoms with E-state index in [-0.39, 0.29) is 18.1 Å². The highest BCUT2D eigenvalue weighted by Gasteiger charge is 2.13. The highest BCUT2D eigenvalue weighted by atomic mass is 32.2. The summed E-state index contributed by atoms with van der Waals surface area (Å²) in [4.78, 5) is 28.6. The Morgan fingerprint density at radius 2 is 1.83 bits per heavy atom. The third-order valence-electron chi connectivity index (χ3n) is 4.47. The zero-order chi connectivity index (χ0) is 20.8. The molecule has 3 aromatic rings. The molecule has 2 aromatic carbocycles. The lowest BCUT2D eigenvalue weighted by Crippen LogP contribution is -2.16. The van der Waals surface area contributed by atoms with Gasteiger partial charge in [-0.15, -0.1) is 0 Å². The first kappa shape index (κ1) is 20.7. The minimum absolute atomic E-state index is 0.0629. The van der Waals surface area contributed by atoms with Crippen LogP contribution in [0.25, 0.3) is 5.69 Å². The summed E-state index contributed by atoms with van der Waals surface area (Å²) in [6.07, 6.45) is 3.49. The van der Waals surface area contributed by atoms with Crippen molar-refractivity contribution in [3.8, 4) is 11.4 Å². The molecule has 0 spiro atoms. The fraction of sp³-hybridized carbons (Fsp3) is 0.227. The number of carbonyl (C=O) groups excluding carboxylic acids is 2. The van der Waals surface area contributed by atoms with Crippen LogP contribution in [0.2, 0.25) is 0 Å². The van der Waals surface area contributed by atoms with Crippen molar-refractivity contribution < 1.29 is 19.1 Å². The molecule has 0 fully saturated rings. The van der Waals surface area contributed by atoms with Gasteiger partial charge in [0.25, 0.3) is 0 Å². The number of ketones is 1. The lowest BCUT2D eigenvalue weighted by Gasteiger charge is -2.09. The topological polar surface area (TPSA) is 70.4 Å². The van der Waals surface area contributed by atoms with Gasteiger partial charge in [-0.1, -0.05) is 23.9 Å². The molecular formula is C22H22N2O4S. The molecule has 0 saturated heterocycles. The number of hydrogen-bond donors (Lipinski definition) is 0. The normalized spacial score (nSPS) is 10.6. The van der Waals surface area contributed by atoms with Crippen LogP contribution in [0.1, 0.15) is 21.5 Å². The average Bonchev–Trinajstić information content (AvgIpc) is 3.21. The van der Waals surface area contributed by atoms with Gasteiger partial charge in [-0.05, 0) is 55.3 Å². The number of thioether (sulfide) groups is 1. The van der Waals surface area contributed by atoms with E-state index in [2.05, 4.69) is 4.98 Å². The zero-order valence-electron chi connectivity index (χ0n) is 16.5. The Labute approximate surface area is 173 Å². The molecule has 0 bridgehead atoms. The van der Waals surface area contributed by atoms with Crippen LogP contribution in [0.4, 0.5) is 0 Å². The highest BCUT2D eigenvalue weighted by molar-refractivity contribution is 7.99. The van der Waals surface area contributed by atoms with Gasteiger partial charge in [0.05, 0.1) is 12.9 Å². The molecule has 0 aliphatic heterocycles. The van der Waals surface area contributed by atoms with Crippen molar-refractivity contribution in [3.63, 3.8) is 0 Å². The smallest absolute Gasteiger partial charge is 0.316 e. The molecule has 1 aromatic heterocycles. The van der Waals surface area contributed by atoms with Crippen LogP contribution in [0.5, 0.6) is 5.75 Å². The number of Topliss-reactive ketones (excluding diaryl/α,β-unsaturated/α-hetero) is 1. The van der Waals surface area contributed by atoms with Gasteiger partial charge in [0.15, 0.2) is 17.5 Å². The molecule has 0 unspecified atom stereocenters. The number of aromatic nitrogens is 2. The maximum atomic E-state index is 12.2. The first-order valence-electron chi connectivity index (χ1n) is 9.04. The number of esters is 1. The van der Waals surface area contributed by atoms with Crippen molar-refractivity contribution in [2.75, 3.05) is 19.5 Å². The number of hydrogen-bond acceptors (Lipinski definition) is 6. The fourth-order valence-electron chi connectivity index (χ4n) is 2.65. The summed E-state index contributed by atoms with van der Waals surface area (Å²) in [5, 5.41) is 0.660. The predicted molar refractivity (Wildman–Crippen MR) is 112 cm³/mol. The van der Waals surface area contributed by atoms with Crippen LogP contribution in [0.15, 0.2) is 60.0 Å². The molecular weight excluding hydrogens is 388 g/mol. The van der Waals surface area contributed by atoms with E-state index in [1.807, 2.05) is 61.0 Å². The first-order chi connectivity index (χ1) is 14.0. The van der Waals surface area contributed by atoms with Gasteiger partial charge < -0.3 is 9.47 Å². The Kier molecular flexibility index (Phi) is 6.72. The standard InChI is InChI=1S/C22H22N2O4S/c1-15-4-5-17(12-16(15)2)20(25)13-28-21(26)14-29-22-23-10-11-24(22)18-6-8-19(27-3)9-7-18/h4-12H,13-14H2,1-3H3. The molecule has 0 atom stereocenters. The second-order valence-electron chi connectivity index (χ2n) is 6.45. The van der Waals surface area contributed by atoms with E-state index >= 15 is 0 Å². The summed E-state index contributed by atoms with van der Waals surface area (Å²) in [5.74, 6) is 0.149. The lowest BCUT2D eigenvalue weighted by atomic mass is 10.0. The van der Waals surface area contributed by atoms with Gasteiger partial charge in [0.1, 0.15) is 5.75 Å². The van der Waals surface area contributed by atoms with Gasteiger partial charge in [-0.2, -0.15) is 0 Å². The molecule has 0 aliphatic rings. The third kappa shape index (κ3) is 5.26. The Bertz CT molecular complexity index is 1010. The Morgan fingerprint density at radius 3 is 2.52 bits per heavy atom. The van der Waals surface area contributed by atoms with Crippen LogP contribution in [-0.2, 0) is 9.53 Å². The molecule has 0 N–H and O–H groups in total. The van der Waals surface area contributed by atoms with Gasteiger partial charge in [0, 0.05) is 23.6 Å². The molecule has 29 heavy (non-hydrogen) atoms. The number of carbonyl (C=O) groups is 2. The highest BCUT2D eigenvalue weighted by Crippen LogP contribution is 2.22. The van der Waals surface area contributed by atoms with Gasteiger partial charge in [-0.3, -0.25) is 14.2 Å². The molecule has 150 valence electrons. The van der Waals surface area contributed by atoms with E-state index < -0.39 is 5.97 Å². The monoisotopic (exact) mass is 410 g/mol. The molecule has 7 heteroatoms. The van der Waals surface area contributed by atoms with Crippen molar-refractivity contribution in [1.82, 2.24) is 9.55 Å². The summed E-state index contributed by atoms with van der Waals surface area (Å²) in [7, 11) is 1.61. The zero-order valence-corrected chi connectivity index (χ0v) is 17.4. The number of nitrogens with zero attached hydrogens (tertiary/aromatic N) is 2. The van der Waals surface area contributed by atoms with Crippen LogP contribution in [-0.4, -0.2) is 40.8 Å². The molecule has 0 amide bonds. The van der Waals surface area contributed by atoms with E-state index in [0.29, 0.717) is 10.7 Å². The summed E-state index contributed by atoms with van der Waals surface area (Å²) < 4.78 is 12.2. The van der Waals surface area contributed by atoms with E-state index in [0.717, 1.165) is 22.6 Å². The molecule has 0 radical (unpaired) electrons. The van der Waals surface area contributed by atoms with Crippen molar-refractivity contribution in [2.24, 2.45) is 0 Å². The summed E-state index contributed by atoms with van der Waals surface area (Å²) in [6, 6.07) is 13.0. The van der Waals surface area contributed by atoms with E-state index in [9.17, 15) is 9.59 Å². The first-order valence-corrected chi connectivity index (χ1v) is 10.0. The van der Waals surface area contributed by atoms with Crippen molar-refractivity contribution in [3.05, 3.63) is 71.5 Å². The SMILES string of the molecule is COc1ccc(-n2ccnc2SCC(=O)OCC(=O)c2ccc(C)c(C)c2)cc1. The maximum Gasteiger partial charge on any atom is 0.316 e. The quantitative estimate of drug-likeness (QED) is 0.317. The van der Waals surface area contributed by atoms with Gasteiger partial charge in [0.2, 0.25) is 0 Å². The summed E-state index contributed by atoms with van der Waals surface area (Å²) in [6.45, 7) is 3.66. The second-order valence-corrected chi connectivity index (χ2v) is 7.39. The van der Waals surface area contributed by atoms with Crippen LogP contribution in [0, 0.1) is 13.8 Å². The van der Waals surface area contributed by atoms with Crippen LogP contribution in [0.3, 0.4) is 0 Å². The minimum atomic E-state index is -0.462. The maximum absolute atomic E-state index is 12.2. The number of imidazole rings is 1. The average molecular weight is 410 g/mol. The number of ether oxygens (including phenoxy) is 2. The fourth-order valence-corrected chi connectivity index (χ4v) is 3.42. The minimum Gasteiger partial charge on any atom is -0.497 e. The van der Waals surface area contributed by atoms with Crippen molar-refractivity contribution in [1.29, 1.82) is 0 Å². The number of methoxy groups -OCH3 is 1. The van der Waals surface area contributed by atoms with E-state index in [1.165, 1.54) is 11.8 Å². The Balaban J connectivity index is 1.54. The van der Waals surface area contributed by atoms with Crippen LogP contribution < -0.4 is 4.74 Å². The Morgan fingerprint density at radius 1 is 1.07 bits per heavy atom. The van der Waals surface area contributed by atoms with Gasteiger partial charge >= 0.3 is 5.97 Å². The van der Waals surface area contributed by atoms with Crippen molar-refractivity contribution >= 4 is 23.5 Å². The Hall–Kier alpha value is -3.06. The number of rotatable bonds is 8. The molecule has 3 rings (SSSR count). The van der Waals surface area contributed by atoms with Crippen LogP contribution >= 0.6 is 11.8 Å². The molecule has 6 nitrogen and oxygen atoms in total. The molecule has 0 aliphatic carbocycles. The summed E-state index contributed by atoms with van der Waals surface area (Å²) in [5.41, 5.74) is 3.60. The van der Waals surface area contributed by atoms with Gasteiger partial charge in [-0.25, -0.2) is 4.98 Å². The second kappa shape index (κ2) is 9.43. The molecule has 0 saturated carbocycles. The largest absolute Gasteiger partial charge is 0.497 e. The molecule has 1 heterocycles. The summed E-state index contributed by atoms with van der Waals surface area (Å²) >= 11 is 1.25. The number of benzene rings is 2. The third-order valence-corrected chi connectivity index (χ3v) is 5.41. The predicted octanol–water partition coefficient (Wildman–Crippen LogP) is 4.02. The number of aryl methyl sites for hydroxylation is 2.